The molecule has 0 amide bonds. The molecule has 0 bridgehead atoms. The zero-order valence-corrected chi connectivity index (χ0v) is 14.8. The Kier molecular flexibility index (Phi) is 4.64. The average molecular weight is 361 g/mol. The lowest BCUT2D eigenvalue weighted by molar-refractivity contribution is -0.505. The van der Waals surface area contributed by atoms with Crippen molar-refractivity contribution < 1.29 is 24.1 Å². The van der Waals surface area contributed by atoms with Crippen LogP contribution in [0, 0.1) is 10.1 Å². The fourth-order valence-corrected chi connectivity index (χ4v) is 3.24. The van der Waals surface area contributed by atoms with Crippen LogP contribution in [0.5, 0.6) is 11.5 Å². The van der Waals surface area contributed by atoms with E-state index in [0.717, 1.165) is 0 Å². The van der Waals surface area contributed by atoms with Crippen molar-refractivity contribution in [1.29, 1.82) is 0 Å². The van der Waals surface area contributed by atoms with Crippen LogP contribution in [0.2, 0.25) is 0 Å². The maximum absolute atomic E-state index is 12.7. The lowest BCUT2D eigenvalue weighted by Gasteiger charge is -2.28. The van der Waals surface area contributed by atoms with E-state index < -0.39 is 22.9 Å². The summed E-state index contributed by atoms with van der Waals surface area (Å²) in [5, 5.41) is 11.8. The first-order valence-corrected chi connectivity index (χ1v) is 8.13. The van der Waals surface area contributed by atoms with Crippen molar-refractivity contribution in [3.63, 3.8) is 0 Å². The smallest absolute Gasteiger partial charge is 0.337 e. The van der Waals surface area contributed by atoms with Gasteiger partial charge in [0.2, 0.25) is 0 Å². The van der Waals surface area contributed by atoms with Crippen LogP contribution in [-0.4, -0.2) is 28.8 Å². The van der Waals surface area contributed by atoms with Gasteiger partial charge in [0, 0.05) is 21.8 Å². The van der Waals surface area contributed by atoms with E-state index >= 15 is 0 Å². The maximum Gasteiger partial charge on any atom is 0.337 e. The molecule has 2 aliphatic heterocycles. The highest BCUT2D eigenvalue weighted by molar-refractivity contribution is 5.98. The fraction of sp³-hybridized carbons (Fsp3) is 0.412. The van der Waals surface area contributed by atoms with Gasteiger partial charge in [0.05, 0.1) is 23.3 Å². The minimum atomic E-state index is -1.22. The first-order valence-electron chi connectivity index (χ1n) is 8.13. The number of nitrogens with zero attached hydrogens (tertiary/aromatic N) is 2. The molecule has 2 atom stereocenters. The molecule has 0 aromatic heterocycles. The van der Waals surface area contributed by atoms with Crippen molar-refractivity contribution in [3.8, 4) is 11.5 Å². The summed E-state index contributed by atoms with van der Waals surface area (Å²) in [4.78, 5) is 38.7. The van der Waals surface area contributed by atoms with Gasteiger partial charge in [0.25, 0.3) is 6.04 Å². The number of ether oxygens (including phenoxy) is 1. The minimum Gasteiger partial charge on any atom is -0.460 e. The van der Waals surface area contributed by atoms with E-state index in [0.29, 0.717) is 28.5 Å². The first-order chi connectivity index (χ1) is 12.3. The van der Waals surface area contributed by atoms with Crippen LogP contribution < -0.4 is 15.3 Å². The molecule has 2 heterocycles. The van der Waals surface area contributed by atoms with E-state index in [-0.39, 0.29) is 11.7 Å². The third-order valence-corrected chi connectivity index (χ3v) is 4.22. The van der Waals surface area contributed by atoms with Gasteiger partial charge in [-0.25, -0.2) is 4.79 Å². The van der Waals surface area contributed by atoms with Crippen molar-refractivity contribution in [1.82, 2.24) is 5.64 Å². The zero-order valence-electron chi connectivity index (χ0n) is 14.8. The molecule has 9 nitrogen and oxygen atoms in total. The molecular weight excluding hydrogens is 342 g/mol. The van der Waals surface area contributed by atoms with Gasteiger partial charge in [-0.1, -0.05) is 12.1 Å². The highest BCUT2D eigenvalue weighted by atomic mass is 16.9. The second-order valence-electron chi connectivity index (χ2n) is 6.38. The molecular formula is C17H19N3O6. The van der Waals surface area contributed by atoms with Gasteiger partial charge in [-0.05, 0) is 33.8 Å². The number of hydrogen-bond acceptors (Lipinski definition) is 8. The van der Waals surface area contributed by atoms with Crippen molar-refractivity contribution >= 4 is 11.7 Å². The van der Waals surface area contributed by atoms with Crippen molar-refractivity contribution in [2.75, 3.05) is 0 Å². The number of hydrogen-bond donors (Lipinski definition) is 1. The molecule has 26 heavy (non-hydrogen) atoms. The molecule has 138 valence electrons. The number of allylic oxidation sites excluding steroid dienone is 1. The van der Waals surface area contributed by atoms with Crippen LogP contribution >= 0.6 is 0 Å². The average Bonchev–Trinajstić information content (AvgIpc) is 3.01. The summed E-state index contributed by atoms with van der Waals surface area (Å²) in [5.74, 6) is -0.844. The number of aliphatic imine (C=N–C) groups is 1. The summed E-state index contributed by atoms with van der Waals surface area (Å²) in [7, 11) is 0. The molecule has 0 saturated carbocycles. The summed E-state index contributed by atoms with van der Waals surface area (Å²) in [6.07, 6.45) is -0.368. The van der Waals surface area contributed by atoms with Gasteiger partial charge in [-0.2, -0.15) is 0 Å². The van der Waals surface area contributed by atoms with Gasteiger partial charge in [-0.15, -0.1) is 0 Å². The molecule has 0 saturated heterocycles. The molecule has 2 aliphatic rings. The summed E-state index contributed by atoms with van der Waals surface area (Å²) < 4.78 is 5.32. The van der Waals surface area contributed by atoms with E-state index in [4.69, 9.17) is 14.4 Å². The van der Waals surface area contributed by atoms with Crippen LogP contribution in [0.1, 0.15) is 39.2 Å². The highest BCUT2D eigenvalue weighted by Gasteiger charge is 2.47. The Morgan fingerprint density at radius 1 is 1.35 bits per heavy atom. The van der Waals surface area contributed by atoms with Crippen molar-refractivity contribution in [3.05, 3.63) is 45.1 Å². The maximum atomic E-state index is 12.7. The molecule has 0 fully saturated rings. The van der Waals surface area contributed by atoms with E-state index in [2.05, 4.69) is 10.6 Å². The molecule has 3 rings (SSSR count). The molecule has 0 spiro atoms. The molecule has 0 radical (unpaired) electrons. The molecule has 2 unspecified atom stereocenters. The van der Waals surface area contributed by atoms with Crippen LogP contribution in [0.25, 0.3) is 0 Å². The number of fused-ring (bicyclic) bond motifs is 1. The number of nitro groups is 1. The summed E-state index contributed by atoms with van der Waals surface area (Å²) >= 11 is 0. The molecule has 9 heteroatoms. The van der Waals surface area contributed by atoms with Gasteiger partial charge in [-0.3, -0.25) is 15.1 Å². The van der Waals surface area contributed by atoms with E-state index in [9.17, 15) is 14.9 Å². The fourth-order valence-electron chi connectivity index (χ4n) is 3.24. The number of nitrogens with one attached hydrogen (secondary N) is 1. The topological polar surface area (TPSA) is 112 Å². The van der Waals surface area contributed by atoms with E-state index in [1.807, 2.05) is 0 Å². The molecule has 0 aliphatic carbocycles. The summed E-state index contributed by atoms with van der Waals surface area (Å²) in [5.41, 5.74) is 3.58. The Balaban J connectivity index is 2.19. The lowest BCUT2D eigenvalue weighted by atomic mass is 9.79. The number of para-hydroxylation sites is 1. The number of benzene rings is 1. The zero-order chi connectivity index (χ0) is 19.0. The lowest BCUT2D eigenvalue weighted by Crippen LogP contribution is -2.40. The monoisotopic (exact) mass is 361 g/mol. The SMILES string of the molecule is CC1=NC(C)=C(C(=O)OC(C)C)C(c2cccc3c2ONO3)C1[N+](=O)[O-]. The van der Waals surface area contributed by atoms with Gasteiger partial charge in [0.1, 0.15) is 0 Å². The third-order valence-electron chi connectivity index (χ3n) is 4.22. The first kappa shape index (κ1) is 17.9. The number of carbonyl (C=O) groups excluding carboxylic acids is 1. The van der Waals surface area contributed by atoms with Crippen LogP contribution in [-0.2, 0) is 9.53 Å². The highest BCUT2D eigenvalue weighted by Crippen LogP contribution is 2.45. The Labute approximate surface area is 149 Å². The predicted octanol–water partition coefficient (Wildman–Crippen LogP) is 2.31. The quantitative estimate of drug-likeness (QED) is 0.497. The Morgan fingerprint density at radius 3 is 2.73 bits per heavy atom. The summed E-state index contributed by atoms with van der Waals surface area (Å²) in [6.45, 7) is 6.65. The van der Waals surface area contributed by atoms with Gasteiger partial charge < -0.3 is 14.4 Å². The van der Waals surface area contributed by atoms with E-state index in [1.165, 1.54) is 0 Å². The normalized spacial score (nSPS) is 21.7. The molecule has 1 aromatic rings. The Hall–Kier alpha value is -2.94. The third kappa shape index (κ3) is 3.01. The van der Waals surface area contributed by atoms with Gasteiger partial charge in [0.15, 0.2) is 11.5 Å². The van der Waals surface area contributed by atoms with E-state index in [1.54, 1.807) is 45.9 Å². The Bertz CT molecular complexity index is 830. The number of rotatable bonds is 4. The van der Waals surface area contributed by atoms with Crippen molar-refractivity contribution in [2.45, 2.75) is 45.8 Å². The Morgan fingerprint density at radius 2 is 2.08 bits per heavy atom. The molecule has 1 N–H and O–H groups in total. The van der Waals surface area contributed by atoms with Crippen LogP contribution in [0.4, 0.5) is 0 Å². The summed E-state index contributed by atoms with van der Waals surface area (Å²) in [6, 6.07) is 3.80. The number of esters is 1. The van der Waals surface area contributed by atoms with Crippen LogP contribution in [0.15, 0.2) is 34.5 Å². The van der Waals surface area contributed by atoms with Crippen molar-refractivity contribution in [2.24, 2.45) is 4.99 Å². The second kappa shape index (κ2) is 6.75. The molecule has 1 aromatic carbocycles. The minimum absolute atomic E-state index is 0.148. The second-order valence-corrected chi connectivity index (χ2v) is 6.38. The predicted molar refractivity (Wildman–Crippen MR) is 91.4 cm³/mol. The largest absolute Gasteiger partial charge is 0.460 e. The standard InChI is InChI=1S/C17H19N3O6/c1-8(2)24-17(21)13-9(3)18-10(4)15(20(22)23)14(13)11-6-5-7-12-16(11)26-19-25-12/h5-8,14-15,19H,1-4H3. The van der Waals surface area contributed by atoms with Crippen LogP contribution in [0.3, 0.4) is 0 Å². The van der Waals surface area contributed by atoms with Gasteiger partial charge >= 0.3 is 5.97 Å². The number of carbonyl (C=O) groups is 1.